The average molecular weight is 362 g/mol. The highest BCUT2D eigenvalue weighted by molar-refractivity contribution is 7.99. The zero-order chi connectivity index (χ0) is 18.4. The van der Waals surface area contributed by atoms with Crippen molar-refractivity contribution in [3.8, 4) is 0 Å². The molecule has 0 aliphatic rings. The minimum Gasteiger partial charge on any atom is -0.368 e. The van der Waals surface area contributed by atoms with E-state index < -0.39 is 5.91 Å². The van der Waals surface area contributed by atoms with Gasteiger partial charge in [0.1, 0.15) is 0 Å². The summed E-state index contributed by atoms with van der Waals surface area (Å²) in [6.45, 7) is 4.51. The number of thioether (sulfide) groups is 1. The molecule has 0 aliphatic heterocycles. The minimum atomic E-state index is -0.601. The number of fused-ring (bicyclic) bond motifs is 1. The molecule has 3 N–H and O–H groups in total. The molecule has 7 nitrogen and oxygen atoms in total. The van der Waals surface area contributed by atoms with Crippen molar-refractivity contribution in [2.24, 2.45) is 11.7 Å². The monoisotopic (exact) mass is 362 g/mol. The van der Waals surface area contributed by atoms with Gasteiger partial charge in [0, 0.05) is 6.54 Å². The van der Waals surface area contributed by atoms with Crippen molar-refractivity contribution >= 4 is 34.5 Å². The summed E-state index contributed by atoms with van der Waals surface area (Å²) < 4.78 is 1.62. The first-order valence-electron chi connectivity index (χ1n) is 8.06. The minimum absolute atomic E-state index is 0.0553. The molecule has 0 unspecified atom stereocenters. The van der Waals surface area contributed by atoms with Crippen LogP contribution in [0.15, 0.2) is 34.2 Å². The predicted octanol–water partition coefficient (Wildman–Crippen LogP) is 1.14. The summed E-state index contributed by atoms with van der Waals surface area (Å²) in [5, 5.41) is 3.49. The molecular weight excluding hydrogens is 340 g/mol. The van der Waals surface area contributed by atoms with Crippen molar-refractivity contribution in [2.75, 3.05) is 12.3 Å². The zero-order valence-corrected chi connectivity index (χ0v) is 15.1. The molecule has 0 saturated heterocycles. The van der Waals surface area contributed by atoms with E-state index >= 15 is 0 Å². The van der Waals surface area contributed by atoms with E-state index in [9.17, 15) is 14.4 Å². The normalized spacial score (nSPS) is 11.0. The number of hydrogen-bond donors (Lipinski definition) is 2. The molecule has 1 heterocycles. The van der Waals surface area contributed by atoms with Gasteiger partial charge in [-0.05, 0) is 24.5 Å². The number of para-hydroxylation sites is 1. The Kier molecular flexibility index (Phi) is 6.58. The fraction of sp³-hybridized carbons (Fsp3) is 0.412. The van der Waals surface area contributed by atoms with E-state index in [1.165, 1.54) is 11.8 Å². The van der Waals surface area contributed by atoms with E-state index in [1.54, 1.807) is 16.7 Å². The second kappa shape index (κ2) is 8.66. The van der Waals surface area contributed by atoms with Crippen molar-refractivity contribution in [3.63, 3.8) is 0 Å². The first-order chi connectivity index (χ1) is 11.9. The SMILES string of the molecule is CC(C)CCn1c(SCC(=O)NCC(N)=O)nc2ccccc2c1=O. The van der Waals surface area contributed by atoms with Gasteiger partial charge in [-0.3, -0.25) is 19.0 Å². The van der Waals surface area contributed by atoms with E-state index in [4.69, 9.17) is 5.73 Å². The van der Waals surface area contributed by atoms with Crippen molar-refractivity contribution in [2.45, 2.75) is 32.0 Å². The maximum Gasteiger partial charge on any atom is 0.262 e. The van der Waals surface area contributed by atoms with Crippen LogP contribution in [-0.2, 0) is 16.1 Å². The van der Waals surface area contributed by atoms with Crippen molar-refractivity contribution in [1.29, 1.82) is 0 Å². The fourth-order valence-corrected chi connectivity index (χ4v) is 3.06. The Morgan fingerprint density at radius 3 is 2.72 bits per heavy atom. The molecule has 2 amide bonds. The van der Waals surface area contributed by atoms with Crippen LogP contribution in [0, 0.1) is 5.92 Å². The second-order valence-corrected chi connectivity index (χ2v) is 7.03. The number of amides is 2. The molecule has 25 heavy (non-hydrogen) atoms. The second-order valence-electron chi connectivity index (χ2n) is 6.08. The van der Waals surface area contributed by atoms with Crippen LogP contribution >= 0.6 is 11.8 Å². The number of primary amides is 1. The Hall–Kier alpha value is -2.35. The Labute approximate surface area is 150 Å². The van der Waals surface area contributed by atoms with Crippen molar-refractivity contribution < 1.29 is 9.59 Å². The number of aromatic nitrogens is 2. The number of nitrogens with one attached hydrogen (secondary N) is 1. The number of rotatable bonds is 8. The van der Waals surface area contributed by atoms with Gasteiger partial charge in [-0.15, -0.1) is 0 Å². The average Bonchev–Trinajstić information content (AvgIpc) is 2.57. The molecule has 0 radical (unpaired) electrons. The third-order valence-electron chi connectivity index (χ3n) is 3.55. The van der Waals surface area contributed by atoms with E-state index in [-0.39, 0.29) is 23.8 Å². The smallest absolute Gasteiger partial charge is 0.262 e. The highest BCUT2D eigenvalue weighted by atomic mass is 32.2. The Balaban J connectivity index is 2.26. The zero-order valence-electron chi connectivity index (χ0n) is 14.3. The van der Waals surface area contributed by atoms with Gasteiger partial charge >= 0.3 is 0 Å². The number of carbonyl (C=O) groups is 2. The van der Waals surface area contributed by atoms with Crippen LogP contribution in [-0.4, -0.2) is 33.7 Å². The summed E-state index contributed by atoms with van der Waals surface area (Å²) in [4.78, 5) is 39.8. The number of nitrogens with zero attached hydrogens (tertiary/aromatic N) is 2. The van der Waals surface area contributed by atoms with Gasteiger partial charge in [0.25, 0.3) is 5.56 Å². The Morgan fingerprint density at radius 1 is 1.32 bits per heavy atom. The van der Waals surface area contributed by atoms with Gasteiger partial charge in [-0.25, -0.2) is 4.98 Å². The summed E-state index contributed by atoms with van der Waals surface area (Å²) in [7, 11) is 0. The lowest BCUT2D eigenvalue weighted by Crippen LogP contribution is -2.34. The van der Waals surface area contributed by atoms with Gasteiger partial charge in [-0.2, -0.15) is 0 Å². The topological polar surface area (TPSA) is 107 Å². The van der Waals surface area contributed by atoms with Gasteiger partial charge in [-0.1, -0.05) is 37.7 Å². The van der Waals surface area contributed by atoms with E-state index in [0.29, 0.717) is 28.5 Å². The van der Waals surface area contributed by atoms with Gasteiger partial charge in [0.05, 0.1) is 23.2 Å². The molecule has 1 aromatic heterocycles. The predicted molar refractivity (Wildman–Crippen MR) is 98.4 cm³/mol. The highest BCUT2D eigenvalue weighted by Crippen LogP contribution is 2.18. The molecule has 1 aromatic carbocycles. The standard InChI is InChI=1S/C17H22N4O3S/c1-11(2)7-8-21-16(24)12-5-3-4-6-13(12)20-17(21)25-10-15(23)19-9-14(18)22/h3-6,11H,7-10H2,1-2H3,(H2,18,22)(H,19,23). The Bertz CT molecular complexity index is 832. The summed E-state index contributed by atoms with van der Waals surface area (Å²) in [6, 6.07) is 7.16. The summed E-state index contributed by atoms with van der Waals surface area (Å²) in [5.41, 5.74) is 5.50. The van der Waals surface area contributed by atoms with Crippen LogP contribution in [0.1, 0.15) is 20.3 Å². The summed E-state index contributed by atoms with van der Waals surface area (Å²) >= 11 is 1.18. The lowest BCUT2D eigenvalue weighted by molar-refractivity contribution is -0.123. The summed E-state index contributed by atoms with van der Waals surface area (Å²) in [6.07, 6.45) is 0.835. The largest absolute Gasteiger partial charge is 0.368 e. The molecule has 0 atom stereocenters. The lowest BCUT2D eigenvalue weighted by Gasteiger charge is -2.14. The molecule has 2 rings (SSSR count). The third kappa shape index (κ3) is 5.32. The fourth-order valence-electron chi connectivity index (χ4n) is 2.21. The number of nitrogens with two attached hydrogens (primary N) is 1. The molecule has 2 aromatic rings. The van der Waals surface area contributed by atoms with Gasteiger partial charge in [0.2, 0.25) is 11.8 Å². The van der Waals surface area contributed by atoms with Crippen LogP contribution in [0.3, 0.4) is 0 Å². The van der Waals surface area contributed by atoms with E-state index in [1.807, 2.05) is 12.1 Å². The first-order valence-corrected chi connectivity index (χ1v) is 9.04. The molecule has 0 aliphatic carbocycles. The number of carbonyl (C=O) groups excluding carboxylic acids is 2. The number of hydrogen-bond acceptors (Lipinski definition) is 5. The van der Waals surface area contributed by atoms with Crippen molar-refractivity contribution in [3.05, 3.63) is 34.6 Å². The van der Waals surface area contributed by atoms with Crippen LogP contribution in [0.4, 0.5) is 0 Å². The first kappa shape index (κ1) is 19.0. The van der Waals surface area contributed by atoms with Crippen LogP contribution in [0.5, 0.6) is 0 Å². The van der Waals surface area contributed by atoms with Crippen LogP contribution < -0.4 is 16.6 Å². The number of benzene rings is 1. The molecule has 0 fully saturated rings. The molecule has 0 spiro atoms. The maximum absolute atomic E-state index is 12.8. The van der Waals surface area contributed by atoms with Crippen molar-refractivity contribution in [1.82, 2.24) is 14.9 Å². The summed E-state index contributed by atoms with van der Waals surface area (Å²) in [5.74, 6) is -0.438. The molecule has 0 saturated carbocycles. The quantitative estimate of drug-likeness (QED) is 0.541. The lowest BCUT2D eigenvalue weighted by atomic mass is 10.1. The Morgan fingerprint density at radius 2 is 2.04 bits per heavy atom. The van der Waals surface area contributed by atoms with Gasteiger partial charge < -0.3 is 11.1 Å². The van der Waals surface area contributed by atoms with Crippen LogP contribution in [0.25, 0.3) is 10.9 Å². The third-order valence-corrected chi connectivity index (χ3v) is 4.53. The molecule has 134 valence electrons. The van der Waals surface area contributed by atoms with Crippen LogP contribution in [0.2, 0.25) is 0 Å². The highest BCUT2D eigenvalue weighted by Gasteiger charge is 2.13. The molecular formula is C17H22N4O3S. The molecule has 0 bridgehead atoms. The van der Waals surface area contributed by atoms with E-state index in [2.05, 4.69) is 24.1 Å². The molecule has 8 heteroatoms. The van der Waals surface area contributed by atoms with E-state index in [0.717, 1.165) is 6.42 Å². The maximum atomic E-state index is 12.8. The van der Waals surface area contributed by atoms with Gasteiger partial charge in [0.15, 0.2) is 5.16 Å².